The van der Waals surface area contributed by atoms with E-state index in [0.717, 1.165) is 23.0 Å². The monoisotopic (exact) mass is 350 g/mol. The SMILES string of the molecule is COc1ccc([C@H]2C=C(c3ccc(Cl)cc3)C[C@@H]2c2ccco2)cc1. The third-order valence-electron chi connectivity index (χ3n) is 4.88. The van der Waals surface area contributed by atoms with E-state index in [1.807, 2.05) is 30.3 Å². The first kappa shape index (κ1) is 16.0. The van der Waals surface area contributed by atoms with E-state index in [9.17, 15) is 0 Å². The number of hydrogen-bond donors (Lipinski definition) is 0. The van der Waals surface area contributed by atoms with Crippen LogP contribution in [-0.2, 0) is 0 Å². The minimum absolute atomic E-state index is 0.280. The number of rotatable bonds is 4. The van der Waals surface area contributed by atoms with E-state index in [2.05, 4.69) is 36.4 Å². The second-order valence-corrected chi connectivity index (χ2v) is 6.76. The van der Waals surface area contributed by atoms with Crippen molar-refractivity contribution in [3.05, 3.63) is 94.9 Å². The Morgan fingerprint density at radius 3 is 2.40 bits per heavy atom. The zero-order valence-corrected chi connectivity index (χ0v) is 14.7. The van der Waals surface area contributed by atoms with Crippen molar-refractivity contribution in [1.82, 2.24) is 0 Å². The fourth-order valence-electron chi connectivity index (χ4n) is 3.58. The summed E-state index contributed by atoms with van der Waals surface area (Å²) in [6.07, 6.45) is 5.06. The molecule has 1 heterocycles. The highest BCUT2D eigenvalue weighted by Gasteiger charge is 2.32. The predicted octanol–water partition coefficient (Wildman–Crippen LogP) is 6.30. The van der Waals surface area contributed by atoms with Crippen molar-refractivity contribution in [3.8, 4) is 5.75 Å². The van der Waals surface area contributed by atoms with Crippen molar-refractivity contribution in [2.75, 3.05) is 7.11 Å². The van der Waals surface area contributed by atoms with E-state index in [0.29, 0.717) is 5.92 Å². The molecule has 0 saturated carbocycles. The third-order valence-corrected chi connectivity index (χ3v) is 5.13. The van der Waals surface area contributed by atoms with Gasteiger partial charge in [-0.2, -0.15) is 0 Å². The second-order valence-electron chi connectivity index (χ2n) is 6.32. The molecule has 0 N–H and O–H groups in total. The maximum atomic E-state index is 6.04. The Kier molecular flexibility index (Phi) is 4.37. The molecule has 0 radical (unpaired) electrons. The first-order valence-electron chi connectivity index (χ1n) is 8.38. The van der Waals surface area contributed by atoms with Gasteiger partial charge in [-0.25, -0.2) is 0 Å². The Hall–Kier alpha value is -2.45. The smallest absolute Gasteiger partial charge is 0.118 e. The van der Waals surface area contributed by atoms with Crippen LogP contribution in [0.15, 0.2) is 77.4 Å². The van der Waals surface area contributed by atoms with Gasteiger partial charge in [-0.3, -0.25) is 0 Å². The summed E-state index contributed by atoms with van der Waals surface area (Å²) < 4.78 is 11.0. The molecular formula is C22H19ClO2. The van der Waals surface area contributed by atoms with Crippen molar-refractivity contribution < 1.29 is 9.15 Å². The third kappa shape index (κ3) is 3.22. The fourth-order valence-corrected chi connectivity index (χ4v) is 3.70. The van der Waals surface area contributed by atoms with Crippen LogP contribution in [0.5, 0.6) is 5.75 Å². The van der Waals surface area contributed by atoms with Crippen LogP contribution in [0.1, 0.15) is 35.1 Å². The number of furan rings is 1. The molecule has 2 atom stereocenters. The fraction of sp³-hybridized carbons (Fsp3) is 0.182. The maximum absolute atomic E-state index is 6.04. The molecule has 2 nitrogen and oxygen atoms in total. The van der Waals surface area contributed by atoms with Crippen LogP contribution in [0.25, 0.3) is 5.57 Å². The maximum Gasteiger partial charge on any atom is 0.118 e. The van der Waals surface area contributed by atoms with Crippen LogP contribution >= 0.6 is 11.6 Å². The van der Waals surface area contributed by atoms with Crippen molar-refractivity contribution in [3.63, 3.8) is 0 Å². The van der Waals surface area contributed by atoms with Gasteiger partial charge in [0.05, 0.1) is 13.4 Å². The summed E-state index contributed by atoms with van der Waals surface area (Å²) in [6, 6.07) is 20.4. The average Bonchev–Trinajstić information content (AvgIpc) is 3.32. The molecule has 4 rings (SSSR count). The average molecular weight is 351 g/mol. The Labute approximate surface area is 152 Å². The standard InChI is InChI=1S/C22H19ClO2/c1-24-19-10-6-16(7-11-19)20-13-17(15-4-8-18(23)9-5-15)14-21(20)22-3-2-12-25-22/h2-13,20-21H,14H2,1H3/t20-,21+/m1/s1. The highest BCUT2D eigenvalue weighted by Crippen LogP contribution is 2.48. The van der Waals surface area contributed by atoms with Crippen LogP contribution in [0, 0.1) is 0 Å². The number of halogens is 1. The van der Waals surface area contributed by atoms with Gasteiger partial charge in [0.1, 0.15) is 11.5 Å². The lowest BCUT2D eigenvalue weighted by Crippen LogP contribution is -2.04. The highest BCUT2D eigenvalue weighted by molar-refractivity contribution is 6.30. The number of benzene rings is 2. The molecule has 0 unspecified atom stereocenters. The van der Waals surface area contributed by atoms with E-state index in [4.69, 9.17) is 20.8 Å². The Morgan fingerprint density at radius 2 is 1.76 bits per heavy atom. The molecule has 3 heteroatoms. The van der Waals surface area contributed by atoms with Crippen LogP contribution in [0.4, 0.5) is 0 Å². The Bertz CT molecular complexity index is 861. The molecule has 0 fully saturated rings. The van der Waals surface area contributed by atoms with E-state index in [-0.39, 0.29) is 5.92 Å². The van der Waals surface area contributed by atoms with E-state index in [1.165, 1.54) is 16.7 Å². The van der Waals surface area contributed by atoms with Crippen LogP contribution < -0.4 is 4.74 Å². The minimum Gasteiger partial charge on any atom is -0.497 e. The number of allylic oxidation sites excluding steroid dienone is 2. The molecule has 0 spiro atoms. The molecule has 3 aromatic rings. The first-order chi connectivity index (χ1) is 12.2. The summed E-state index contributed by atoms with van der Waals surface area (Å²) >= 11 is 6.04. The molecule has 126 valence electrons. The van der Waals surface area contributed by atoms with Gasteiger partial charge in [0.15, 0.2) is 0 Å². The lowest BCUT2D eigenvalue weighted by atomic mass is 9.87. The van der Waals surface area contributed by atoms with Gasteiger partial charge in [-0.15, -0.1) is 0 Å². The first-order valence-corrected chi connectivity index (χ1v) is 8.76. The second kappa shape index (κ2) is 6.81. The number of ether oxygens (including phenoxy) is 1. The molecule has 0 amide bonds. The van der Waals surface area contributed by atoms with Gasteiger partial charge in [0.2, 0.25) is 0 Å². The molecule has 1 aliphatic rings. The summed E-state index contributed by atoms with van der Waals surface area (Å²) in [5.41, 5.74) is 3.82. The lowest BCUT2D eigenvalue weighted by molar-refractivity contribution is 0.414. The molecule has 1 aliphatic carbocycles. The molecule has 1 aromatic heterocycles. The lowest BCUT2D eigenvalue weighted by Gasteiger charge is -2.18. The van der Waals surface area contributed by atoms with Gasteiger partial charge in [-0.1, -0.05) is 41.9 Å². The van der Waals surface area contributed by atoms with Crippen LogP contribution in [0.3, 0.4) is 0 Å². The largest absolute Gasteiger partial charge is 0.497 e. The van der Waals surface area contributed by atoms with Gasteiger partial charge < -0.3 is 9.15 Å². The molecule has 25 heavy (non-hydrogen) atoms. The molecule has 0 bridgehead atoms. The summed E-state index contributed by atoms with van der Waals surface area (Å²) in [4.78, 5) is 0. The summed E-state index contributed by atoms with van der Waals surface area (Å²) in [5, 5.41) is 0.761. The van der Waals surface area contributed by atoms with Crippen molar-refractivity contribution in [2.45, 2.75) is 18.3 Å². The van der Waals surface area contributed by atoms with E-state index in [1.54, 1.807) is 13.4 Å². The zero-order chi connectivity index (χ0) is 17.2. The summed E-state index contributed by atoms with van der Waals surface area (Å²) in [7, 11) is 1.69. The van der Waals surface area contributed by atoms with Gasteiger partial charge in [-0.05, 0) is 59.5 Å². The predicted molar refractivity (Wildman–Crippen MR) is 101 cm³/mol. The zero-order valence-electron chi connectivity index (χ0n) is 14.0. The number of hydrogen-bond acceptors (Lipinski definition) is 2. The quantitative estimate of drug-likeness (QED) is 0.551. The summed E-state index contributed by atoms with van der Waals surface area (Å²) in [5.74, 6) is 2.48. The van der Waals surface area contributed by atoms with Gasteiger partial charge in [0, 0.05) is 16.9 Å². The normalized spacial score (nSPS) is 19.7. The van der Waals surface area contributed by atoms with Crippen LogP contribution in [-0.4, -0.2) is 7.11 Å². The van der Waals surface area contributed by atoms with Gasteiger partial charge in [0.25, 0.3) is 0 Å². The molecular weight excluding hydrogens is 332 g/mol. The molecule has 2 aromatic carbocycles. The molecule has 0 saturated heterocycles. The van der Waals surface area contributed by atoms with Crippen molar-refractivity contribution in [2.24, 2.45) is 0 Å². The highest BCUT2D eigenvalue weighted by atomic mass is 35.5. The Morgan fingerprint density at radius 1 is 1.00 bits per heavy atom. The summed E-state index contributed by atoms with van der Waals surface area (Å²) in [6.45, 7) is 0. The van der Waals surface area contributed by atoms with Crippen LogP contribution in [0.2, 0.25) is 5.02 Å². The van der Waals surface area contributed by atoms with E-state index >= 15 is 0 Å². The van der Waals surface area contributed by atoms with Crippen molar-refractivity contribution in [1.29, 1.82) is 0 Å². The number of methoxy groups -OCH3 is 1. The Balaban J connectivity index is 1.71. The topological polar surface area (TPSA) is 22.4 Å². The van der Waals surface area contributed by atoms with E-state index < -0.39 is 0 Å². The molecule has 0 aliphatic heterocycles. The van der Waals surface area contributed by atoms with Gasteiger partial charge >= 0.3 is 0 Å². The minimum atomic E-state index is 0.280. The van der Waals surface area contributed by atoms with Crippen molar-refractivity contribution >= 4 is 17.2 Å².